The van der Waals surface area contributed by atoms with Crippen LogP contribution in [0.3, 0.4) is 0 Å². The Morgan fingerprint density at radius 2 is 1.88 bits per heavy atom. The molecule has 1 N–H and O–H groups in total. The monoisotopic (exact) mass is 473 g/mol. The molecule has 0 atom stereocenters. The van der Waals surface area contributed by atoms with Crippen molar-refractivity contribution in [3.63, 3.8) is 0 Å². The summed E-state index contributed by atoms with van der Waals surface area (Å²) in [6, 6.07) is 7.49. The first-order chi connectivity index (χ1) is 16.0. The maximum atomic E-state index is 12.5. The van der Waals surface area contributed by atoms with Crippen molar-refractivity contribution < 1.29 is 27.8 Å². The first-order valence-electron chi connectivity index (χ1n) is 10.8. The fourth-order valence-electron chi connectivity index (χ4n) is 3.52. The van der Waals surface area contributed by atoms with Crippen LogP contribution < -0.4 is 4.74 Å². The van der Waals surface area contributed by atoms with Crippen LogP contribution in [0, 0.1) is 6.92 Å². The van der Waals surface area contributed by atoms with Gasteiger partial charge >= 0.3 is 6.36 Å². The molecule has 0 spiro atoms. The third kappa shape index (κ3) is 7.09. The summed E-state index contributed by atoms with van der Waals surface area (Å²) in [5.41, 5.74) is 5.71. The summed E-state index contributed by atoms with van der Waals surface area (Å²) >= 11 is 0. The third-order valence-corrected chi connectivity index (χ3v) is 5.56. The van der Waals surface area contributed by atoms with Gasteiger partial charge in [0, 0.05) is 13.6 Å². The number of rotatable bonds is 9. The number of carbonyl (C=O) groups excluding carboxylic acids is 1. The van der Waals surface area contributed by atoms with Crippen LogP contribution >= 0.6 is 0 Å². The average molecular weight is 474 g/mol. The van der Waals surface area contributed by atoms with Gasteiger partial charge in [0.25, 0.3) is 0 Å². The number of allylic oxidation sites excluding steroid dienone is 3. The number of hydrogen-bond acceptors (Lipinski definition) is 3. The Morgan fingerprint density at radius 1 is 1.24 bits per heavy atom. The van der Waals surface area contributed by atoms with E-state index in [1.165, 1.54) is 28.7 Å². The molecular weight excluding hydrogens is 443 g/mol. The number of halogens is 3. The molecule has 0 saturated carbocycles. The lowest BCUT2D eigenvalue weighted by Gasteiger charge is -2.22. The lowest BCUT2D eigenvalue weighted by atomic mass is 9.88. The Bertz CT molecular complexity index is 1080. The van der Waals surface area contributed by atoms with E-state index in [1.807, 2.05) is 38.1 Å². The van der Waals surface area contributed by atoms with Crippen molar-refractivity contribution in [2.45, 2.75) is 46.7 Å². The van der Waals surface area contributed by atoms with Gasteiger partial charge in [0.1, 0.15) is 5.75 Å². The normalized spacial score (nSPS) is 12.2. The minimum Gasteiger partial charge on any atom is -0.406 e. The van der Waals surface area contributed by atoms with Crippen LogP contribution in [-0.2, 0) is 17.9 Å². The van der Waals surface area contributed by atoms with Gasteiger partial charge in [-0.2, -0.15) is 0 Å². The molecule has 0 bridgehead atoms. The van der Waals surface area contributed by atoms with Crippen LogP contribution in [0.1, 0.15) is 42.5 Å². The number of benzene rings is 2. The summed E-state index contributed by atoms with van der Waals surface area (Å²) in [7, 11) is 1.64. The lowest BCUT2D eigenvalue weighted by molar-refractivity contribution is -0.274. The van der Waals surface area contributed by atoms with Gasteiger partial charge in [-0.25, -0.2) is 0 Å². The largest absolute Gasteiger partial charge is 0.573 e. The van der Waals surface area contributed by atoms with E-state index in [-0.39, 0.29) is 24.8 Å². The van der Waals surface area contributed by atoms with Gasteiger partial charge in [0.15, 0.2) is 0 Å². The van der Waals surface area contributed by atoms with Crippen LogP contribution in [0.25, 0.3) is 17.2 Å². The molecule has 0 radical (unpaired) electrons. The van der Waals surface area contributed by atoms with E-state index in [0.29, 0.717) is 11.1 Å². The number of alkyl halides is 3. The summed E-state index contributed by atoms with van der Waals surface area (Å²) in [4.78, 5) is 13.6. The topological polar surface area (TPSA) is 49.8 Å². The van der Waals surface area contributed by atoms with E-state index in [4.69, 9.17) is 0 Å². The molecule has 0 aliphatic rings. The first kappa shape index (κ1) is 26.9. The second-order valence-corrected chi connectivity index (χ2v) is 7.95. The number of hydrogen-bond donors (Lipinski definition) is 1. The SMILES string of the molecule is C=CC(=O)N(C)Cc1cc(-c2ccc(OC(F)(F)F)cc2)c(C)c(/C=C\C=C(/C)CC)c1CO. The van der Waals surface area contributed by atoms with Crippen molar-refractivity contribution in [1.29, 1.82) is 0 Å². The third-order valence-electron chi connectivity index (χ3n) is 5.56. The summed E-state index contributed by atoms with van der Waals surface area (Å²) in [6.07, 6.45) is 3.16. The van der Waals surface area contributed by atoms with Gasteiger partial charge in [-0.15, -0.1) is 13.2 Å². The van der Waals surface area contributed by atoms with Crippen molar-refractivity contribution in [3.05, 3.63) is 83.0 Å². The highest BCUT2D eigenvalue weighted by Gasteiger charge is 2.31. The van der Waals surface area contributed by atoms with Crippen LogP contribution in [0.5, 0.6) is 5.75 Å². The molecule has 2 aromatic carbocycles. The fourth-order valence-corrected chi connectivity index (χ4v) is 3.52. The Hall–Kier alpha value is -3.32. The van der Waals surface area contributed by atoms with Gasteiger partial charge in [-0.05, 0) is 77.9 Å². The average Bonchev–Trinajstić information content (AvgIpc) is 2.79. The summed E-state index contributed by atoms with van der Waals surface area (Å²) in [5, 5.41) is 10.2. The van der Waals surface area contributed by atoms with E-state index in [9.17, 15) is 23.1 Å². The fraction of sp³-hybridized carbons (Fsp3) is 0.296. The Kier molecular flexibility index (Phi) is 9.27. The zero-order chi connectivity index (χ0) is 25.5. The van der Waals surface area contributed by atoms with Crippen LogP contribution in [0.15, 0.2) is 60.7 Å². The van der Waals surface area contributed by atoms with E-state index in [0.717, 1.165) is 28.7 Å². The second kappa shape index (κ2) is 11.7. The van der Waals surface area contributed by atoms with Crippen molar-refractivity contribution in [1.82, 2.24) is 4.90 Å². The van der Waals surface area contributed by atoms with Crippen molar-refractivity contribution in [2.75, 3.05) is 7.05 Å². The molecule has 0 fully saturated rings. The molecule has 0 heterocycles. The highest BCUT2D eigenvalue weighted by Crippen LogP contribution is 2.34. The number of nitrogens with zero attached hydrogens (tertiary/aromatic N) is 1. The highest BCUT2D eigenvalue weighted by atomic mass is 19.4. The molecule has 7 heteroatoms. The zero-order valence-electron chi connectivity index (χ0n) is 19.9. The van der Waals surface area contributed by atoms with Crippen molar-refractivity contribution >= 4 is 12.0 Å². The maximum absolute atomic E-state index is 12.5. The predicted molar refractivity (Wildman–Crippen MR) is 129 cm³/mol. The summed E-state index contributed by atoms with van der Waals surface area (Å²) in [6.45, 7) is 9.48. The van der Waals surface area contributed by atoms with Gasteiger partial charge in [-0.1, -0.05) is 49.4 Å². The number of amides is 1. The lowest BCUT2D eigenvalue weighted by Crippen LogP contribution is -2.25. The number of aliphatic hydroxyl groups excluding tert-OH is 1. The van der Waals surface area contributed by atoms with Gasteiger partial charge in [-0.3, -0.25) is 4.79 Å². The minimum absolute atomic E-state index is 0.230. The number of likely N-dealkylation sites (N-methyl/N-ethyl adjacent to an activating group) is 1. The molecular formula is C27H30F3NO3. The van der Waals surface area contributed by atoms with Gasteiger partial charge < -0.3 is 14.7 Å². The van der Waals surface area contributed by atoms with Crippen molar-refractivity contribution in [3.8, 4) is 16.9 Å². The molecule has 0 saturated heterocycles. The quantitative estimate of drug-likeness (QED) is 0.331. The van der Waals surface area contributed by atoms with E-state index < -0.39 is 6.36 Å². The number of ether oxygens (including phenoxy) is 1. The maximum Gasteiger partial charge on any atom is 0.573 e. The smallest absolute Gasteiger partial charge is 0.406 e. The zero-order valence-corrected chi connectivity index (χ0v) is 19.9. The van der Waals surface area contributed by atoms with Crippen molar-refractivity contribution in [2.24, 2.45) is 0 Å². The molecule has 2 aromatic rings. The Labute approximate surface area is 198 Å². The van der Waals surface area contributed by atoms with Crippen LogP contribution in [-0.4, -0.2) is 29.3 Å². The second-order valence-electron chi connectivity index (χ2n) is 7.95. The number of carbonyl (C=O) groups is 1. The molecule has 2 rings (SSSR count). The van der Waals surface area contributed by atoms with E-state index in [1.54, 1.807) is 19.2 Å². The standard InChI is InChI=1S/C27H30F3NO3/c1-6-18(3)9-8-10-23-19(4)24(20-11-13-22(14-12-20)34-27(28,29)30)15-21(25(23)17-32)16-31(5)26(33)7-2/h7-15,32H,2,6,16-17H2,1,3-5H3/b10-8-,18-9+. The minimum atomic E-state index is -4.77. The summed E-state index contributed by atoms with van der Waals surface area (Å²) < 4.78 is 41.6. The van der Waals surface area contributed by atoms with Gasteiger partial charge in [0.2, 0.25) is 5.91 Å². The molecule has 4 nitrogen and oxygen atoms in total. The number of aliphatic hydroxyl groups is 1. The molecule has 0 aliphatic carbocycles. The highest BCUT2D eigenvalue weighted by molar-refractivity contribution is 5.87. The molecule has 0 aromatic heterocycles. The molecule has 182 valence electrons. The van der Waals surface area contributed by atoms with Crippen LogP contribution in [0.4, 0.5) is 13.2 Å². The first-order valence-corrected chi connectivity index (χ1v) is 10.8. The molecule has 0 aliphatic heterocycles. The van der Waals surface area contributed by atoms with Crippen LogP contribution in [0.2, 0.25) is 0 Å². The predicted octanol–water partition coefficient (Wildman–Crippen LogP) is 6.57. The Balaban J connectivity index is 2.65. The summed E-state index contributed by atoms with van der Waals surface area (Å²) in [5.74, 6) is -0.573. The molecule has 0 unspecified atom stereocenters. The Morgan fingerprint density at radius 3 is 2.41 bits per heavy atom. The van der Waals surface area contributed by atoms with Gasteiger partial charge in [0.05, 0.1) is 6.61 Å². The molecule has 1 amide bonds. The van der Waals surface area contributed by atoms with E-state index in [2.05, 4.69) is 18.2 Å². The molecule has 34 heavy (non-hydrogen) atoms. The van der Waals surface area contributed by atoms with E-state index >= 15 is 0 Å².